The van der Waals surface area contributed by atoms with Crippen LogP contribution in [0.15, 0.2) is 48.5 Å². The van der Waals surface area contributed by atoms with Crippen molar-refractivity contribution in [1.29, 1.82) is 0 Å². The van der Waals surface area contributed by atoms with Crippen molar-refractivity contribution < 1.29 is 22.7 Å². The van der Waals surface area contributed by atoms with Crippen molar-refractivity contribution in [1.82, 2.24) is 5.32 Å². The number of alkyl halides is 3. The molecule has 2 aromatic rings. The minimum atomic E-state index is -4.41. The fourth-order valence-corrected chi connectivity index (χ4v) is 2.74. The van der Waals surface area contributed by atoms with Crippen LogP contribution in [0.4, 0.5) is 13.2 Å². The van der Waals surface area contributed by atoms with Crippen LogP contribution in [0.3, 0.4) is 0 Å². The minimum Gasteiger partial charge on any atom is -0.493 e. The number of rotatable bonds is 4. The van der Waals surface area contributed by atoms with Crippen LogP contribution in [-0.4, -0.2) is 19.1 Å². The number of carbonyl (C=O) groups is 1. The maximum atomic E-state index is 12.7. The van der Waals surface area contributed by atoms with E-state index < -0.39 is 11.7 Å². The van der Waals surface area contributed by atoms with E-state index in [0.717, 1.165) is 23.4 Å². The van der Waals surface area contributed by atoms with Crippen LogP contribution >= 0.6 is 0 Å². The summed E-state index contributed by atoms with van der Waals surface area (Å²) in [5.41, 5.74) is 0.633. The van der Waals surface area contributed by atoms with Gasteiger partial charge in [-0.25, -0.2) is 0 Å². The molecular weight excluding hydrogens is 319 g/mol. The molecule has 3 rings (SSSR count). The summed E-state index contributed by atoms with van der Waals surface area (Å²) in [5.74, 6) is 0.569. The van der Waals surface area contributed by atoms with Crippen LogP contribution in [0.1, 0.15) is 22.6 Å². The predicted octanol–water partition coefficient (Wildman–Crippen LogP) is 3.54. The number of nitrogens with one attached hydrogen (secondary N) is 1. The number of benzene rings is 2. The van der Waals surface area contributed by atoms with E-state index in [1.165, 1.54) is 12.1 Å². The number of fused-ring (bicyclic) bond motifs is 1. The number of amides is 1. The Bertz CT molecular complexity index is 743. The lowest BCUT2D eigenvalue weighted by molar-refractivity contribution is -0.137. The Morgan fingerprint density at radius 1 is 1.17 bits per heavy atom. The Hall–Kier alpha value is -2.50. The second kappa shape index (κ2) is 6.55. The zero-order chi connectivity index (χ0) is 17.2. The van der Waals surface area contributed by atoms with E-state index in [4.69, 9.17) is 4.74 Å². The largest absolute Gasteiger partial charge is 0.493 e. The first-order valence-electron chi connectivity index (χ1n) is 7.58. The third-order valence-corrected chi connectivity index (χ3v) is 3.96. The van der Waals surface area contributed by atoms with Crippen molar-refractivity contribution in [3.63, 3.8) is 0 Å². The van der Waals surface area contributed by atoms with Gasteiger partial charge in [0.1, 0.15) is 5.75 Å². The lowest BCUT2D eigenvalue weighted by Gasteiger charge is -2.12. The molecule has 0 aromatic heterocycles. The van der Waals surface area contributed by atoms with Gasteiger partial charge in [0.2, 0.25) is 5.91 Å². The highest BCUT2D eigenvalue weighted by atomic mass is 19.4. The van der Waals surface area contributed by atoms with Crippen LogP contribution in [0.2, 0.25) is 0 Å². The van der Waals surface area contributed by atoms with Gasteiger partial charge in [-0.2, -0.15) is 13.2 Å². The molecule has 2 aromatic carbocycles. The Morgan fingerprint density at radius 3 is 2.75 bits per heavy atom. The highest BCUT2D eigenvalue weighted by Crippen LogP contribution is 2.33. The van der Waals surface area contributed by atoms with Gasteiger partial charge < -0.3 is 10.1 Å². The van der Waals surface area contributed by atoms with Crippen molar-refractivity contribution in [2.45, 2.75) is 18.5 Å². The van der Waals surface area contributed by atoms with Gasteiger partial charge in [-0.3, -0.25) is 4.79 Å². The molecule has 0 saturated heterocycles. The first kappa shape index (κ1) is 16.4. The molecule has 24 heavy (non-hydrogen) atoms. The number of hydrogen-bond acceptors (Lipinski definition) is 2. The molecule has 0 saturated carbocycles. The molecule has 0 radical (unpaired) electrons. The number of halogens is 3. The van der Waals surface area contributed by atoms with Gasteiger partial charge in [-0.05, 0) is 17.7 Å². The fourth-order valence-electron chi connectivity index (χ4n) is 2.74. The maximum absolute atomic E-state index is 12.7. The van der Waals surface area contributed by atoms with Gasteiger partial charge in [-0.1, -0.05) is 36.4 Å². The highest BCUT2D eigenvalue weighted by molar-refractivity contribution is 5.78. The molecule has 1 amide bonds. The van der Waals surface area contributed by atoms with E-state index in [1.54, 1.807) is 0 Å². The summed E-state index contributed by atoms with van der Waals surface area (Å²) in [6.45, 7) is 0.887. The van der Waals surface area contributed by atoms with Crippen LogP contribution in [0.25, 0.3) is 0 Å². The lowest BCUT2D eigenvalue weighted by Crippen LogP contribution is -2.30. The third-order valence-electron chi connectivity index (χ3n) is 3.96. The molecule has 1 heterocycles. The fraction of sp³-hybridized carbons (Fsp3) is 0.278. The molecule has 1 atom stereocenters. The smallest absolute Gasteiger partial charge is 0.416 e. The molecule has 1 aliphatic heterocycles. The average molecular weight is 335 g/mol. The second-order valence-corrected chi connectivity index (χ2v) is 5.72. The average Bonchev–Trinajstić information content (AvgIpc) is 2.96. The summed E-state index contributed by atoms with van der Waals surface area (Å²) >= 11 is 0. The van der Waals surface area contributed by atoms with E-state index in [0.29, 0.717) is 18.7 Å². The van der Waals surface area contributed by atoms with E-state index in [9.17, 15) is 18.0 Å². The van der Waals surface area contributed by atoms with E-state index in [1.807, 2.05) is 24.3 Å². The van der Waals surface area contributed by atoms with Crippen molar-refractivity contribution in [3.05, 3.63) is 65.2 Å². The van der Waals surface area contributed by atoms with Gasteiger partial charge in [0.15, 0.2) is 0 Å². The summed E-state index contributed by atoms with van der Waals surface area (Å²) in [4.78, 5) is 12.0. The van der Waals surface area contributed by atoms with Gasteiger partial charge in [0, 0.05) is 18.0 Å². The Kier molecular flexibility index (Phi) is 4.46. The van der Waals surface area contributed by atoms with Crippen molar-refractivity contribution in [3.8, 4) is 5.75 Å². The predicted molar refractivity (Wildman–Crippen MR) is 82.8 cm³/mol. The zero-order valence-electron chi connectivity index (χ0n) is 12.8. The van der Waals surface area contributed by atoms with Crippen LogP contribution in [-0.2, 0) is 17.4 Å². The Labute approximate surface area is 137 Å². The highest BCUT2D eigenvalue weighted by Gasteiger charge is 2.30. The Morgan fingerprint density at radius 2 is 1.96 bits per heavy atom. The molecule has 0 aliphatic carbocycles. The normalized spacial score (nSPS) is 16.4. The molecule has 1 unspecified atom stereocenters. The topological polar surface area (TPSA) is 38.3 Å². The third kappa shape index (κ3) is 3.69. The monoisotopic (exact) mass is 335 g/mol. The van der Waals surface area contributed by atoms with Crippen LogP contribution < -0.4 is 10.1 Å². The molecule has 3 nitrogen and oxygen atoms in total. The van der Waals surface area contributed by atoms with Gasteiger partial charge in [0.25, 0.3) is 0 Å². The van der Waals surface area contributed by atoms with Gasteiger partial charge >= 0.3 is 6.18 Å². The summed E-state index contributed by atoms with van der Waals surface area (Å²) in [6, 6.07) is 12.4. The molecule has 0 spiro atoms. The summed E-state index contributed by atoms with van der Waals surface area (Å²) in [6.07, 6.45) is -4.49. The summed E-state index contributed by atoms with van der Waals surface area (Å²) in [5, 5.41) is 2.77. The maximum Gasteiger partial charge on any atom is 0.416 e. The molecule has 0 bridgehead atoms. The van der Waals surface area contributed by atoms with Crippen molar-refractivity contribution >= 4 is 5.91 Å². The summed E-state index contributed by atoms with van der Waals surface area (Å²) < 4.78 is 43.6. The summed E-state index contributed by atoms with van der Waals surface area (Å²) in [7, 11) is 0. The number of carbonyl (C=O) groups excluding carboxylic acids is 1. The zero-order valence-corrected chi connectivity index (χ0v) is 12.8. The molecule has 6 heteroatoms. The van der Waals surface area contributed by atoms with Crippen LogP contribution in [0, 0.1) is 0 Å². The van der Waals surface area contributed by atoms with Gasteiger partial charge in [0.05, 0.1) is 18.6 Å². The van der Waals surface area contributed by atoms with Crippen LogP contribution in [0.5, 0.6) is 5.75 Å². The number of hydrogen-bond donors (Lipinski definition) is 1. The lowest BCUT2D eigenvalue weighted by atomic mass is 10.0. The quantitative estimate of drug-likeness (QED) is 0.928. The SMILES string of the molecule is O=C(Cc1cccc(C(F)(F)F)c1)NCC1COc2ccccc21. The first-order valence-corrected chi connectivity index (χ1v) is 7.58. The molecule has 126 valence electrons. The van der Waals surface area contributed by atoms with E-state index >= 15 is 0 Å². The first-order chi connectivity index (χ1) is 11.4. The molecule has 1 aliphatic rings. The van der Waals surface area contributed by atoms with Crippen molar-refractivity contribution in [2.75, 3.05) is 13.2 Å². The van der Waals surface area contributed by atoms with Gasteiger partial charge in [-0.15, -0.1) is 0 Å². The van der Waals surface area contributed by atoms with E-state index in [2.05, 4.69) is 5.32 Å². The molecule has 0 fully saturated rings. The number of ether oxygens (including phenoxy) is 1. The molecule has 1 N–H and O–H groups in total. The Balaban J connectivity index is 1.57. The second-order valence-electron chi connectivity index (χ2n) is 5.72. The standard InChI is InChI=1S/C18H16F3NO2/c19-18(20,21)14-5-3-4-12(8-14)9-17(23)22-10-13-11-24-16-7-2-1-6-15(13)16/h1-8,13H,9-11H2,(H,22,23). The minimum absolute atomic E-state index is 0.0617. The molecular formula is C18H16F3NO2. The van der Waals surface area contributed by atoms with Crippen molar-refractivity contribution in [2.24, 2.45) is 0 Å². The number of para-hydroxylation sites is 1. The van der Waals surface area contributed by atoms with E-state index in [-0.39, 0.29) is 18.2 Å².